The van der Waals surface area contributed by atoms with E-state index in [9.17, 15) is 4.79 Å². The van der Waals surface area contributed by atoms with Crippen LogP contribution in [-0.2, 0) is 4.74 Å². The lowest BCUT2D eigenvalue weighted by atomic mass is 10.2. The van der Waals surface area contributed by atoms with Crippen LogP contribution in [-0.4, -0.2) is 12.1 Å². The van der Waals surface area contributed by atoms with Crippen molar-refractivity contribution in [3.05, 3.63) is 32.8 Å². The molecule has 0 radical (unpaired) electrons. The van der Waals surface area contributed by atoms with Crippen LogP contribution in [0.2, 0.25) is 15.1 Å². The fourth-order valence-electron chi connectivity index (χ4n) is 0.955. The molecule has 0 saturated heterocycles. The van der Waals surface area contributed by atoms with Gasteiger partial charge in [-0.05, 0) is 26.0 Å². The van der Waals surface area contributed by atoms with Crippen LogP contribution in [0.25, 0.3) is 0 Å². The lowest BCUT2D eigenvalue weighted by Crippen LogP contribution is -2.11. The van der Waals surface area contributed by atoms with Gasteiger partial charge in [0.05, 0.1) is 26.7 Å². The molecular formula is C10H9Cl3O2. The third-order valence-corrected chi connectivity index (χ3v) is 2.76. The van der Waals surface area contributed by atoms with Crippen LogP contribution >= 0.6 is 34.8 Å². The largest absolute Gasteiger partial charge is 0.459 e. The van der Waals surface area contributed by atoms with Crippen molar-refractivity contribution in [3.8, 4) is 0 Å². The fraction of sp³-hybridized carbons (Fsp3) is 0.300. The van der Waals surface area contributed by atoms with Crippen molar-refractivity contribution in [2.75, 3.05) is 0 Å². The number of carbonyl (C=O) groups excluding carboxylic acids is 1. The van der Waals surface area contributed by atoms with Crippen molar-refractivity contribution in [2.45, 2.75) is 20.0 Å². The summed E-state index contributed by atoms with van der Waals surface area (Å²) in [4.78, 5) is 11.5. The number of carbonyl (C=O) groups is 1. The summed E-state index contributed by atoms with van der Waals surface area (Å²) < 4.78 is 4.99. The predicted molar refractivity (Wildman–Crippen MR) is 62.0 cm³/mol. The summed E-state index contributed by atoms with van der Waals surface area (Å²) in [7, 11) is 0. The van der Waals surface area contributed by atoms with Crippen LogP contribution in [0.1, 0.15) is 24.2 Å². The number of halogens is 3. The molecule has 0 amide bonds. The Morgan fingerprint density at radius 3 is 2.07 bits per heavy atom. The van der Waals surface area contributed by atoms with Crippen molar-refractivity contribution >= 4 is 40.8 Å². The molecule has 0 atom stereocenters. The van der Waals surface area contributed by atoms with E-state index in [1.165, 1.54) is 12.1 Å². The molecule has 0 spiro atoms. The van der Waals surface area contributed by atoms with E-state index in [4.69, 9.17) is 39.5 Å². The summed E-state index contributed by atoms with van der Waals surface area (Å²) in [6, 6.07) is 2.86. The number of hydrogen-bond donors (Lipinski definition) is 0. The Labute approximate surface area is 103 Å². The molecule has 82 valence electrons. The Hall–Kier alpha value is -0.440. The Bertz CT molecular complexity index is 365. The van der Waals surface area contributed by atoms with Crippen molar-refractivity contribution in [2.24, 2.45) is 0 Å². The van der Waals surface area contributed by atoms with Gasteiger partial charge in [-0.15, -0.1) is 0 Å². The summed E-state index contributed by atoms with van der Waals surface area (Å²) in [5, 5.41) is 0.708. The topological polar surface area (TPSA) is 26.3 Å². The van der Waals surface area contributed by atoms with E-state index in [2.05, 4.69) is 0 Å². The van der Waals surface area contributed by atoms with Gasteiger partial charge in [0.1, 0.15) is 0 Å². The van der Waals surface area contributed by atoms with Gasteiger partial charge in [0.15, 0.2) is 0 Å². The predicted octanol–water partition coefficient (Wildman–Crippen LogP) is 4.21. The molecule has 0 aromatic heterocycles. The average Bonchev–Trinajstić information content (AvgIpc) is 2.12. The summed E-state index contributed by atoms with van der Waals surface area (Å²) in [5.74, 6) is -0.467. The second-order valence-electron chi connectivity index (χ2n) is 3.21. The van der Waals surface area contributed by atoms with Gasteiger partial charge in [-0.3, -0.25) is 0 Å². The van der Waals surface area contributed by atoms with Gasteiger partial charge < -0.3 is 4.74 Å². The highest BCUT2D eigenvalue weighted by Crippen LogP contribution is 2.31. The summed E-state index contributed by atoms with van der Waals surface area (Å²) in [6.07, 6.45) is -0.189. The normalized spacial score (nSPS) is 10.5. The van der Waals surface area contributed by atoms with E-state index in [1.807, 2.05) is 0 Å². The van der Waals surface area contributed by atoms with Crippen LogP contribution < -0.4 is 0 Å². The highest BCUT2D eigenvalue weighted by molar-refractivity contribution is 6.48. The van der Waals surface area contributed by atoms with E-state index in [-0.39, 0.29) is 21.2 Å². The molecule has 0 N–H and O–H groups in total. The molecule has 0 aliphatic heterocycles. The maximum absolute atomic E-state index is 11.5. The van der Waals surface area contributed by atoms with E-state index in [0.29, 0.717) is 5.56 Å². The summed E-state index contributed by atoms with van der Waals surface area (Å²) >= 11 is 17.3. The number of esters is 1. The molecule has 0 bridgehead atoms. The molecule has 15 heavy (non-hydrogen) atoms. The van der Waals surface area contributed by atoms with Gasteiger partial charge in [-0.1, -0.05) is 34.8 Å². The smallest absolute Gasteiger partial charge is 0.338 e. The van der Waals surface area contributed by atoms with Crippen molar-refractivity contribution in [1.82, 2.24) is 0 Å². The number of ether oxygens (including phenoxy) is 1. The Balaban J connectivity index is 3.01. The average molecular weight is 268 g/mol. The Morgan fingerprint density at radius 2 is 1.67 bits per heavy atom. The zero-order chi connectivity index (χ0) is 11.6. The summed E-state index contributed by atoms with van der Waals surface area (Å²) in [6.45, 7) is 3.52. The second-order valence-corrected chi connectivity index (χ2v) is 4.40. The van der Waals surface area contributed by atoms with E-state index in [1.54, 1.807) is 13.8 Å². The van der Waals surface area contributed by atoms with Gasteiger partial charge in [-0.2, -0.15) is 0 Å². The number of hydrogen-bond acceptors (Lipinski definition) is 2. The highest BCUT2D eigenvalue weighted by atomic mass is 35.5. The SMILES string of the molecule is CC(C)OC(=O)c1cc(Cl)c(Cl)c(Cl)c1. The first-order valence-electron chi connectivity index (χ1n) is 4.27. The van der Waals surface area contributed by atoms with Crippen LogP contribution in [0.15, 0.2) is 12.1 Å². The van der Waals surface area contributed by atoms with Crippen molar-refractivity contribution in [1.29, 1.82) is 0 Å². The first-order chi connectivity index (χ1) is 6.91. The van der Waals surface area contributed by atoms with Gasteiger partial charge in [0.2, 0.25) is 0 Å². The molecule has 0 heterocycles. The summed E-state index contributed by atoms with van der Waals surface area (Å²) in [5.41, 5.74) is 0.295. The Kier molecular flexibility index (Phi) is 4.26. The van der Waals surface area contributed by atoms with Crippen LogP contribution in [0.4, 0.5) is 0 Å². The molecular weight excluding hydrogens is 258 g/mol. The minimum atomic E-state index is -0.467. The van der Waals surface area contributed by atoms with Crippen molar-refractivity contribution in [3.63, 3.8) is 0 Å². The molecule has 0 fully saturated rings. The zero-order valence-corrected chi connectivity index (χ0v) is 10.5. The van der Waals surface area contributed by atoms with E-state index < -0.39 is 5.97 Å². The molecule has 1 aromatic rings. The second kappa shape index (κ2) is 5.06. The molecule has 1 aromatic carbocycles. The lowest BCUT2D eigenvalue weighted by Gasteiger charge is -2.09. The molecule has 0 saturated carbocycles. The molecule has 1 rings (SSSR count). The minimum Gasteiger partial charge on any atom is -0.459 e. The van der Waals surface area contributed by atoms with Crippen LogP contribution in [0.5, 0.6) is 0 Å². The van der Waals surface area contributed by atoms with E-state index >= 15 is 0 Å². The third kappa shape index (κ3) is 3.26. The zero-order valence-electron chi connectivity index (χ0n) is 8.18. The quantitative estimate of drug-likeness (QED) is 0.592. The Morgan fingerprint density at radius 1 is 1.20 bits per heavy atom. The molecule has 0 unspecified atom stereocenters. The lowest BCUT2D eigenvalue weighted by molar-refractivity contribution is 0.0378. The van der Waals surface area contributed by atoms with Gasteiger partial charge in [0, 0.05) is 0 Å². The number of rotatable bonds is 2. The van der Waals surface area contributed by atoms with Gasteiger partial charge in [0.25, 0.3) is 0 Å². The molecule has 2 nitrogen and oxygen atoms in total. The number of benzene rings is 1. The van der Waals surface area contributed by atoms with Gasteiger partial charge in [-0.25, -0.2) is 4.79 Å². The van der Waals surface area contributed by atoms with Crippen LogP contribution in [0.3, 0.4) is 0 Å². The first-order valence-corrected chi connectivity index (χ1v) is 5.40. The first kappa shape index (κ1) is 12.6. The molecule has 0 aliphatic rings. The van der Waals surface area contributed by atoms with Crippen molar-refractivity contribution < 1.29 is 9.53 Å². The maximum atomic E-state index is 11.5. The monoisotopic (exact) mass is 266 g/mol. The highest BCUT2D eigenvalue weighted by Gasteiger charge is 2.13. The maximum Gasteiger partial charge on any atom is 0.338 e. The third-order valence-electron chi connectivity index (χ3n) is 1.56. The standard InChI is InChI=1S/C10H9Cl3O2/c1-5(2)15-10(14)6-3-7(11)9(13)8(12)4-6/h3-5H,1-2H3. The van der Waals surface area contributed by atoms with Crippen LogP contribution in [0, 0.1) is 0 Å². The molecule has 5 heteroatoms. The molecule has 0 aliphatic carbocycles. The van der Waals surface area contributed by atoms with E-state index in [0.717, 1.165) is 0 Å². The van der Waals surface area contributed by atoms with Gasteiger partial charge >= 0.3 is 5.97 Å². The fourth-order valence-corrected chi connectivity index (χ4v) is 1.55. The minimum absolute atomic E-state index is 0.189.